The summed E-state index contributed by atoms with van der Waals surface area (Å²) in [7, 11) is 3.30. The molecule has 0 aliphatic heterocycles. The van der Waals surface area contributed by atoms with Crippen molar-refractivity contribution in [1.82, 2.24) is 5.32 Å². The molecule has 1 aromatic carbocycles. The van der Waals surface area contributed by atoms with Crippen molar-refractivity contribution < 1.29 is 9.47 Å². The van der Waals surface area contributed by atoms with Gasteiger partial charge in [-0.3, -0.25) is 0 Å². The highest BCUT2D eigenvalue weighted by Crippen LogP contribution is 2.44. The zero-order valence-electron chi connectivity index (χ0n) is 10.8. The lowest BCUT2D eigenvalue weighted by Crippen LogP contribution is -2.22. The summed E-state index contributed by atoms with van der Waals surface area (Å²) in [6.07, 6.45) is 2.01. The van der Waals surface area contributed by atoms with Gasteiger partial charge in [-0.15, -0.1) is 0 Å². The molecular weight excluding hydrogens is 228 g/mol. The van der Waals surface area contributed by atoms with E-state index in [1.54, 1.807) is 14.2 Å². The molecule has 0 heterocycles. The Morgan fingerprint density at radius 3 is 2.67 bits per heavy atom. The second-order valence-electron chi connectivity index (χ2n) is 4.67. The third-order valence-corrected chi connectivity index (χ3v) is 3.36. The third-order valence-electron chi connectivity index (χ3n) is 3.36. The number of nitrogens with zero attached hydrogens (tertiary/aromatic N) is 1. The molecule has 1 fully saturated rings. The van der Waals surface area contributed by atoms with Gasteiger partial charge in [-0.2, -0.15) is 5.26 Å². The monoisotopic (exact) mass is 246 g/mol. The van der Waals surface area contributed by atoms with E-state index in [1.807, 2.05) is 18.2 Å². The summed E-state index contributed by atoms with van der Waals surface area (Å²) >= 11 is 0. The van der Waals surface area contributed by atoms with Crippen molar-refractivity contribution in [3.63, 3.8) is 0 Å². The first kappa shape index (κ1) is 12.7. The van der Waals surface area contributed by atoms with Gasteiger partial charge in [0.2, 0.25) is 0 Å². The predicted molar refractivity (Wildman–Crippen MR) is 68.5 cm³/mol. The van der Waals surface area contributed by atoms with Gasteiger partial charge in [-0.1, -0.05) is 0 Å². The normalized spacial score (nSPS) is 15.8. The van der Waals surface area contributed by atoms with Crippen LogP contribution in [0.15, 0.2) is 18.2 Å². The Labute approximate surface area is 108 Å². The summed E-state index contributed by atoms with van der Waals surface area (Å²) in [5.74, 6) is 1.65. The van der Waals surface area contributed by atoms with Crippen LogP contribution in [0.5, 0.6) is 11.5 Å². The largest absolute Gasteiger partial charge is 0.497 e. The minimum Gasteiger partial charge on any atom is -0.497 e. The first-order valence-corrected chi connectivity index (χ1v) is 6.06. The maximum absolute atomic E-state index is 9.00. The van der Waals surface area contributed by atoms with Crippen molar-refractivity contribution in [2.45, 2.75) is 19.4 Å². The first-order chi connectivity index (χ1) is 8.73. The number of methoxy groups -OCH3 is 2. The molecule has 18 heavy (non-hydrogen) atoms. The van der Waals surface area contributed by atoms with Crippen LogP contribution < -0.4 is 14.8 Å². The number of hydrogen-bond acceptors (Lipinski definition) is 4. The van der Waals surface area contributed by atoms with Crippen LogP contribution in [0.3, 0.4) is 0 Å². The summed E-state index contributed by atoms with van der Waals surface area (Å²) in [5, 5.41) is 12.3. The Morgan fingerprint density at radius 1 is 1.33 bits per heavy atom. The predicted octanol–water partition coefficient (Wildman–Crippen LogP) is 2.10. The van der Waals surface area contributed by atoms with Gasteiger partial charge in [0.25, 0.3) is 0 Å². The molecule has 0 aromatic heterocycles. The Balaban J connectivity index is 1.97. The van der Waals surface area contributed by atoms with E-state index in [0.29, 0.717) is 6.54 Å². The zero-order valence-corrected chi connectivity index (χ0v) is 10.8. The van der Waals surface area contributed by atoms with Gasteiger partial charge in [-0.05, 0) is 31.0 Å². The minimum absolute atomic E-state index is 0.119. The smallest absolute Gasteiger partial charge is 0.123 e. The summed E-state index contributed by atoms with van der Waals surface area (Å²) in [6, 6.07) is 8.10. The molecule has 0 spiro atoms. The number of rotatable bonds is 6. The number of hydrogen-bond donors (Lipinski definition) is 1. The van der Waals surface area contributed by atoms with E-state index in [4.69, 9.17) is 14.7 Å². The van der Waals surface area contributed by atoms with Crippen LogP contribution >= 0.6 is 0 Å². The highest BCUT2D eigenvalue weighted by Gasteiger charge is 2.42. The molecule has 4 heteroatoms. The molecule has 0 amide bonds. The summed E-state index contributed by atoms with van der Waals surface area (Å²) < 4.78 is 10.5. The number of nitriles is 1. The second-order valence-corrected chi connectivity index (χ2v) is 4.67. The fourth-order valence-electron chi connectivity index (χ4n) is 1.94. The van der Waals surface area contributed by atoms with Crippen LogP contribution in [0.4, 0.5) is 0 Å². The van der Waals surface area contributed by atoms with E-state index in [9.17, 15) is 0 Å². The molecule has 0 unspecified atom stereocenters. The van der Waals surface area contributed by atoms with Crippen LogP contribution in [-0.4, -0.2) is 20.8 Å². The maximum Gasteiger partial charge on any atom is 0.123 e. The van der Waals surface area contributed by atoms with Gasteiger partial charge in [-0.25, -0.2) is 0 Å². The lowest BCUT2D eigenvalue weighted by Gasteiger charge is -2.12. The standard InChI is InChI=1S/C14H18N2O2/c1-17-12-3-4-13(18-2)11(7-12)8-16-10-14(9-15)5-6-14/h3-4,7,16H,5-6,8,10H2,1-2H3. The van der Waals surface area contributed by atoms with Crippen molar-refractivity contribution in [3.05, 3.63) is 23.8 Å². The molecule has 1 aromatic rings. The van der Waals surface area contributed by atoms with E-state index >= 15 is 0 Å². The molecule has 4 nitrogen and oxygen atoms in total. The molecule has 1 saturated carbocycles. The molecule has 2 rings (SSSR count). The SMILES string of the molecule is COc1ccc(OC)c(CNCC2(C#N)CC2)c1. The molecule has 1 aliphatic carbocycles. The van der Waals surface area contributed by atoms with Crippen LogP contribution in [0.2, 0.25) is 0 Å². The number of ether oxygens (including phenoxy) is 2. The van der Waals surface area contributed by atoms with E-state index in [-0.39, 0.29) is 5.41 Å². The van der Waals surface area contributed by atoms with Gasteiger partial charge in [0, 0.05) is 18.7 Å². The van der Waals surface area contributed by atoms with Crippen molar-refractivity contribution in [2.75, 3.05) is 20.8 Å². The van der Waals surface area contributed by atoms with E-state index < -0.39 is 0 Å². The highest BCUT2D eigenvalue weighted by atomic mass is 16.5. The van der Waals surface area contributed by atoms with Gasteiger partial charge in [0.15, 0.2) is 0 Å². The number of benzene rings is 1. The van der Waals surface area contributed by atoms with Crippen LogP contribution in [0, 0.1) is 16.7 Å². The van der Waals surface area contributed by atoms with E-state index in [0.717, 1.165) is 36.4 Å². The summed E-state index contributed by atoms with van der Waals surface area (Å²) in [4.78, 5) is 0. The van der Waals surface area contributed by atoms with Crippen LogP contribution in [-0.2, 0) is 6.54 Å². The van der Waals surface area contributed by atoms with Crippen LogP contribution in [0.1, 0.15) is 18.4 Å². The van der Waals surface area contributed by atoms with Crippen molar-refractivity contribution >= 4 is 0 Å². The Hall–Kier alpha value is -1.73. The Kier molecular flexibility index (Phi) is 3.73. The second kappa shape index (κ2) is 5.28. The van der Waals surface area contributed by atoms with E-state index in [1.165, 1.54) is 0 Å². The fraction of sp³-hybridized carbons (Fsp3) is 0.500. The Bertz CT molecular complexity index is 461. The van der Waals surface area contributed by atoms with Gasteiger partial charge in [0.1, 0.15) is 11.5 Å². The molecule has 96 valence electrons. The summed E-state index contributed by atoms with van der Waals surface area (Å²) in [5.41, 5.74) is 0.928. The molecule has 0 atom stereocenters. The Morgan fingerprint density at radius 2 is 2.11 bits per heavy atom. The molecule has 1 N–H and O–H groups in total. The van der Waals surface area contributed by atoms with Gasteiger partial charge in [0.05, 0.1) is 25.7 Å². The third kappa shape index (κ3) is 2.74. The van der Waals surface area contributed by atoms with Gasteiger partial charge >= 0.3 is 0 Å². The minimum atomic E-state index is -0.119. The maximum atomic E-state index is 9.00. The van der Waals surface area contributed by atoms with Crippen molar-refractivity contribution in [1.29, 1.82) is 5.26 Å². The van der Waals surface area contributed by atoms with Crippen molar-refractivity contribution in [3.8, 4) is 17.6 Å². The molecular formula is C14H18N2O2. The zero-order chi connectivity index (χ0) is 13.0. The molecule has 1 aliphatic rings. The molecule has 0 saturated heterocycles. The first-order valence-electron chi connectivity index (χ1n) is 6.06. The lowest BCUT2D eigenvalue weighted by atomic mass is 10.1. The quantitative estimate of drug-likeness (QED) is 0.835. The average molecular weight is 246 g/mol. The molecule has 0 radical (unpaired) electrons. The summed E-state index contributed by atoms with van der Waals surface area (Å²) in [6.45, 7) is 1.42. The lowest BCUT2D eigenvalue weighted by molar-refractivity contribution is 0.396. The topological polar surface area (TPSA) is 54.3 Å². The van der Waals surface area contributed by atoms with E-state index in [2.05, 4.69) is 11.4 Å². The van der Waals surface area contributed by atoms with Crippen LogP contribution in [0.25, 0.3) is 0 Å². The number of nitrogens with one attached hydrogen (secondary N) is 1. The van der Waals surface area contributed by atoms with Crippen molar-refractivity contribution in [2.24, 2.45) is 5.41 Å². The molecule has 0 bridgehead atoms. The highest BCUT2D eigenvalue weighted by molar-refractivity contribution is 5.40. The average Bonchev–Trinajstić information content (AvgIpc) is 3.19. The van der Waals surface area contributed by atoms with Gasteiger partial charge < -0.3 is 14.8 Å². The fourth-order valence-corrected chi connectivity index (χ4v) is 1.94.